The molecule has 2 atom stereocenters. The van der Waals surface area contributed by atoms with Gasteiger partial charge in [-0.25, -0.2) is 19.2 Å². The molecule has 0 fully saturated rings. The van der Waals surface area contributed by atoms with E-state index in [0.29, 0.717) is 10.0 Å². The maximum absolute atomic E-state index is 11.8. The van der Waals surface area contributed by atoms with E-state index in [1.165, 1.54) is 48.5 Å². The average Bonchev–Trinajstić information content (AvgIpc) is 2.67. The monoisotopic (exact) mass is 426 g/mol. The molecule has 2 rings (SSSR count). The zero-order valence-electron chi connectivity index (χ0n) is 13.9. The molecule has 28 heavy (non-hydrogen) atoms. The molecule has 0 bridgehead atoms. The van der Waals surface area contributed by atoms with Gasteiger partial charge in [0.25, 0.3) is 0 Å². The van der Waals surface area contributed by atoms with Crippen molar-refractivity contribution in [1.82, 2.24) is 0 Å². The molecule has 2 aromatic carbocycles. The summed E-state index contributed by atoms with van der Waals surface area (Å²) in [4.78, 5) is 47.1. The van der Waals surface area contributed by atoms with Crippen molar-refractivity contribution in [3.8, 4) is 0 Å². The highest BCUT2D eigenvalue weighted by Gasteiger charge is 2.35. The normalized spacial score (nSPS) is 12.6. The van der Waals surface area contributed by atoms with Crippen LogP contribution in [0.1, 0.15) is 20.7 Å². The molecular formula is C18H12Cl2O8. The fourth-order valence-corrected chi connectivity index (χ4v) is 2.10. The maximum atomic E-state index is 11.8. The molecule has 2 N–H and O–H groups in total. The van der Waals surface area contributed by atoms with E-state index in [1.807, 2.05) is 0 Å². The lowest BCUT2D eigenvalue weighted by atomic mass is 10.2. The van der Waals surface area contributed by atoms with Crippen molar-refractivity contribution in [1.29, 1.82) is 0 Å². The van der Waals surface area contributed by atoms with Crippen LogP contribution in [0.2, 0.25) is 10.0 Å². The predicted octanol–water partition coefficient (Wildman–Crippen LogP) is 1.78. The van der Waals surface area contributed by atoms with Gasteiger partial charge in [-0.1, -0.05) is 23.2 Å². The Morgan fingerprint density at radius 3 is 1.21 bits per heavy atom. The van der Waals surface area contributed by atoms with Gasteiger partial charge < -0.3 is 19.7 Å². The first-order valence-electron chi connectivity index (χ1n) is 7.58. The van der Waals surface area contributed by atoms with Crippen LogP contribution in [0.15, 0.2) is 48.5 Å². The molecule has 0 saturated carbocycles. The molecule has 0 amide bonds. The fraction of sp³-hybridized carbons (Fsp3) is 0.111. The lowest BCUT2D eigenvalue weighted by Gasteiger charge is -2.14. The Kier molecular flexibility index (Phi) is 7.24. The van der Waals surface area contributed by atoms with E-state index in [1.54, 1.807) is 0 Å². The minimum atomic E-state index is -2.46. The minimum Gasteiger partial charge on any atom is -0.387 e. The van der Waals surface area contributed by atoms with E-state index >= 15 is 0 Å². The summed E-state index contributed by atoms with van der Waals surface area (Å²) in [6, 6.07) is 10.5. The third-order valence-corrected chi connectivity index (χ3v) is 3.83. The van der Waals surface area contributed by atoms with E-state index < -0.39 is 36.1 Å². The SMILES string of the molecule is O=C(OC(=O)[C@@H](O)[C@H](O)C(=O)OC(=O)c1ccc(Cl)cc1)c1ccc(Cl)cc1. The number of hydrogen-bond donors (Lipinski definition) is 2. The quantitative estimate of drug-likeness (QED) is 0.546. The van der Waals surface area contributed by atoms with Gasteiger partial charge >= 0.3 is 23.9 Å². The second-order valence-electron chi connectivity index (χ2n) is 5.32. The zero-order valence-corrected chi connectivity index (χ0v) is 15.4. The van der Waals surface area contributed by atoms with E-state index in [-0.39, 0.29) is 11.1 Å². The molecule has 0 unspecified atom stereocenters. The van der Waals surface area contributed by atoms with E-state index in [2.05, 4.69) is 9.47 Å². The van der Waals surface area contributed by atoms with E-state index in [9.17, 15) is 29.4 Å². The molecule has 0 spiro atoms. The number of esters is 4. The van der Waals surface area contributed by atoms with Crippen LogP contribution in [0.4, 0.5) is 0 Å². The first-order valence-corrected chi connectivity index (χ1v) is 8.34. The molecule has 0 saturated heterocycles. The molecule has 146 valence electrons. The number of rotatable bonds is 5. The van der Waals surface area contributed by atoms with Crippen molar-refractivity contribution in [2.24, 2.45) is 0 Å². The van der Waals surface area contributed by atoms with E-state index in [4.69, 9.17) is 23.2 Å². The highest BCUT2D eigenvalue weighted by molar-refractivity contribution is 6.31. The van der Waals surface area contributed by atoms with Crippen LogP contribution in [0, 0.1) is 0 Å². The first-order chi connectivity index (χ1) is 13.2. The van der Waals surface area contributed by atoms with Gasteiger partial charge in [0.15, 0.2) is 12.2 Å². The van der Waals surface area contributed by atoms with E-state index in [0.717, 1.165) is 0 Å². The number of hydrogen-bond acceptors (Lipinski definition) is 8. The van der Waals surface area contributed by atoms with Gasteiger partial charge in [-0.3, -0.25) is 0 Å². The predicted molar refractivity (Wildman–Crippen MR) is 95.8 cm³/mol. The van der Waals surface area contributed by atoms with Gasteiger partial charge in [0.1, 0.15) is 0 Å². The van der Waals surface area contributed by atoms with Crippen LogP contribution in [0.25, 0.3) is 0 Å². The highest BCUT2D eigenvalue weighted by atomic mass is 35.5. The minimum absolute atomic E-state index is 0.0556. The van der Waals surface area contributed by atoms with Crippen LogP contribution in [0.5, 0.6) is 0 Å². The second kappa shape index (κ2) is 9.43. The number of aliphatic hydroxyl groups is 2. The van der Waals surface area contributed by atoms with Crippen molar-refractivity contribution < 1.29 is 38.9 Å². The van der Waals surface area contributed by atoms with Crippen LogP contribution in [0.3, 0.4) is 0 Å². The largest absolute Gasteiger partial charge is 0.387 e. The summed E-state index contributed by atoms with van der Waals surface area (Å²) in [6.07, 6.45) is -4.91. The smallest absolute Gasteiger partial charge is 0.346 e. The molecule has 0 aliphatic carbocycles. The molecule has 0 aromatic heterocycles. The topological polar surface area (TPSA) is 127 Å². The summed E-state index contributed by atoms with van der Waals surface area (Å²) in [7, 11) is 0. The number of carbonyl (C=O) groups excluding carboxylic acids is 4. The third kappa shape index (κ3) is 5.61. The van der Waals surface area contributed by atoms with Crippen LogP contribution >= 0.6 is 23.2 Å². The summed E-state index contributed by atoms with van der Waals surface area (Å²) >= 11 is 11.3. The summed E-state index contributed by atoms with van der Waals surface area (Å²) in [5.41, 5.74) is -0.111. The Labute approximate surface area is 168 Å². The number of ether oxygens (including phenoxy) is 2. The number of benzene rings is 2. The average molecular weight is 427 g/mol. The van der Waals surface area contributed by atoms with Crippen LogP contribution < -0.4 is 0 Å². The Hall–Kier alpha value is -2.78. The molecule has 0 heterocycles. The molecule has 10 heteroatoms. The Morgan fingerprint density at radius 1 is 0.643 bits per heavy atom. The van der Waals surface area contributed by atoms with Crippen molar-refractivity contribution in [3.63, 3.8) is 0 Å². The Balaban J connectivity index is 1.95. The molecule has 0 radical (unpaired) electrons. The van der Waals surface area contributed by atoms with Gasteiger partial charge in [0.05, 0.1) is 11.1 Å². The van der Waals surface area contributed by atoms with Gasteiger partial charge in [0.2, 0.25) is 0 Å². The van der Waals surface area contributed by atoms with Gasteiger partial charge in [-0.15, -0.1) is 0 Å². The highest BCUT2D eigenvalue weighted by Crippen LogP contribution is 2.13. The molecule has 0 aliphatic rings. The Bertz CT molecular complexity index is 817. The fourth-order valence-electron chi connectivity index (χ4n) is 1.85. The maximum Gasteiger partial charge on any atom is 0.346 e. The summed E-state index contributed by atoms with van der Waals surface area (Å²) in [5, 5.41) is 20.1. The number of halogens is 2. The molecule has 8 nitrogen and oxygen atoms in total. The first kappa shape index (κ1) is 21.5. The molecular weight excluding hydrogens is 415 g/mol. The van der Waals surface area contributed by atoms with Crippen molar-refractivity contribution in [3.05, 3.63) is 69.7 Å². The van der Waals surface area contributed by atoms with Gasteiger partial charge in [-0.2, -0.15) is 0 Å². The van der Waals surface area contributed by atoms with Crippen LogP contribution in [-0.4, -0.2) is 46.3 Å². The number of aliphatic hydroxyl groups excluding tert-OH is 2. The number of carbonyl (C=O) groups is 4. The molecule has 2 aromatic rings. The lowest BCUT2D eigenvalue weighted by molar-refractivity contribution is -0.166. The lowest BCUT2D eigenvalue weighted by Crippen LogP contribution is -2.43. The van der Waals surface area contributed by atoms with Crippen molar-refractivity contribution in [2.75, 3.05) is 0 Å². The second-order valence-corrected chi connectivity index (χ2v) is 6.19. The zero-order chi connectivity index (χ0) is 20.8. The van der Waals surface area contributed by atoms with Crippen molar-refractivity contribution in [2.45, 2.75) is 12.2 Å². The van der Waals surface area contributed by atoms with Crippen molar-refractivity contribution >= 4 is 47.1 Å². The summed E-state index contributed by atoms with van der Waals surface area (Å²) < 4.78 is 8.75. The summed E-state index contributed by atoms with van der Waals surface area (Å²) in [5.74, 6) is -5.50. The third-order valence-electron chi connectivity index (χ3n) is 3.33. The van der Waals surface area contributed by atoms with Gasteiger partial charge in [-0.05, 0) is 48.5 Å². The Morgan fingerprint density at radius 2 is 0.929 bits per heavy atom. The molecule has 0 aliphatic heterocycles. The standard InChI is InChI=1S/C18H12Cl2O8/c19-11-5-1-9(2-6-11)15(23)27-17(25)13(21)14(22)18(26)28-16(24)10-3-7-12(20)8-4-10/h1-8,13-14,21-22H/t13-,14-/m0/s1. The van der Waals surface area contributed by atoms with Gasteiger partial charge in [0, 0.05) is 10.0 Å². The summed E-state index contributed by atoms with van der Waals surface area (Å²) in [6.45, 7) is 0. The van der Waals surface area contributed by atoms with Crippen LogP contribution in [-0.2, 0) is 19.1 Å².